The molecule has 0 radical (unpaired) electrons. The summed E-state index contributed by atoms with van der Waals surface area (Å²) in [6.45, 7) is 3.72. The van der Waals surface area contributed by atoms with E-state index in [0.717, 1.165) is 17.1 Å². The number of amides is 1. The third-order valence-corrected chi connectivity index (χ3v) is 6.91. The largest absolute Gasteiger partial charge is 0.347 e. The summed E-state index contributed by atoms with van der Waals surface area (Å²) in [4.78, 5) is 20.9. The molecule has 4 nitrogen and oxygen atoms in total. The van der Waals surface area contributed by atoms with E-state index < -0.39 is 0 Å². The van der Waals surface area contributed by atoms with Crippen molar-refractivity contribution in [2.24, 2.45) is 0 Å². The van der Waals surface area contributed by atoms with Gasteiger partial charge in [0.05, 0.1) is 17.9 Å². The quantitative estimate of drug-likeness (QED) is 0.589. The second-order valence-corrected chi connectivity index (χ2v) is 9.61. The summed E-state index contributed by atoms with van der Waals surface area (Å²) in [5.41, 5.74) is 3.00. The number of anilines is 2. The van der Waals surface area contributed by atoms with Crippen molar-refractivity contribution >= 4 is 40.4 Å². The Bertz CT molecular complexity index is 1000. The standard InChI is InChI=1S/C23H25N3OS2/c1-16(15-25(2)3)26-19-8-4-5-9-21(19)29-22-11-10-17(13-20(22)26)23(27)24-14-18-7-6-12-28-18/h4-13,16H,14-15H2,1-3H3,(H,24,27). The molecule has 1 N–H and O–H groups in total. The second kappa shape index (κ2) is 8.61. The normalized spacial score (nSPS) is 13.7. The summed E-state index contributed by atoms with van der Waals surface area (Å²) in [7, 11) is 4.19. The van der Waals surface area contributed by atoms with E-state index in [1.54, 1.807) is 23.1 Å². The molecule has 0 saturated carbocycles. The molecule has 0 fully saturated rings. The average molecular weight is 424 g/mol. The topological polar surface area (TPSA) is 35.6 Å². The lowest BCUT2D eigenvalue weighted by atomic mass is 10.1. The monoisotopic (exact) mass is 423 g/mol. The lowest BCUT2D eigenvalue weighted by Gasteiger charge is -2.38. The number of hydrogen-bond donors (Lipinski definition) is 1. The van der Waals surface area contributed by atoms with Crippen molar-refractivity contribution in [2.75, 3.05) is 25.5 Å². The molecular formula is C23H25N3OS2. The number of fused-ring (bicyclic) bond motifs is 2. The number of carbonyl (C=O) groups is 1. The van der Waals surface area contributed by atoms with Crippen LogP contribution in [0.25, 0.3) is 0 Å². The van der Waals surface area contributed by atoms with Gasteiger partial charge in [-0.1, -0.05) is 30.0 Å². The Balaban J connectivity index is 1.65. The summed E-state index contributed by atoms with van der Waals surface area (Å²) >= 11 is 3.42. The number of nitrogens with one attached hydrogen (secondary N) is 1. The van der Waals surface area contributed by atoms with Crippen molar-refractivity contribution in [2.45, 2.75) is 29.3 Å². The van der Waals surface area contributed by atoms with Gasteiger partial charge in [0.2, 0.25) is 0 Å². The van der Waals surface area contributed by atoms with Crippen LogP contribution in [0.3, 0.4) is 0 Å². The maximum absolute atomic E-state index is 12.8. The molecular weight excluding hydrogens is 398 g/mol. The average Bonchev–Trinajstić information content (AvgIpc) is 3.22. The highest BCUT2D eigenvalue weighted by Gasteiger charge is 2.28. The Hall–Kier alpha value is -2.28. The van der Waals surface area contributed by atoms with Crippen molar-refractivity contribution in [3.05, 3.63) is 70.4 Å². The first-order valence-corrected chi connectivity index (χ1v) is 11.4. The molecule has 2 heterocycles. The highest BCUT2D eigenvalue weighted by molar-refractivity contribution is 7.99. The molecule has 1 aliphatic rings. The molecule has 1 aliphatic heterocycles. The second-order valence-electron chi connectivity index (χ2n) is 7.50. The summed E-state index contributed by atoms with van der Waals surface area (Å²) in [6.07, 6.45) is 0. The van der Waals surface area contributed by atoms with E-state index in [0.29, 0.717) is 12.1 Å². The van der Waals surface area contributed by atoms with Crippen LogP contribution in [0.1, 0.15) is 22.2 Å². The predicted octanol–water partition coefficient (Wildman–Crippen LogP) is 5.23. The van der Waals surface area contributed by atoms with E-state index in [2.05, 4.69) is 66.5 Å². The molecule has 0 spiro atoms. The first-order chi connectivity index (χ1) is 14.0. The van der Waals surface area contributed by atoms with Crippen molar-refractivity contribution in [3.8, 4) is 0 Å². The van der Waals surface area contributed by atoms with Gasteiger partial charge in [-0.3, -0.25) is 4.79 Å². The van der Waals surface area contributed by atoms with Gasteiger partial charge in [-0.05, 0) is 62.8 Å². The minimum Gasteiger partial charge on any atom is -0.347 e. The number of para-hydroxylation sites is 1. The molecule has 0 aliphatic carbocycles. The summed E-state index contributed by atoms with van der Waals surface area (Å²) in [6, 6.07) is 18.9. The molecule has 0 saturated heterocycles. The SMILES string of the molecule is CC(CN(C)C)N1c2ccccc2Sc2ccc(C(=O)NCc3cccs3)cc21. The maximum atomic E-state index is 12.8. The number of carbonyl (C=O) groups excluding carboxylic acids is 1. The molecule has 4 rings (SSSR count). The molecule has 3 aromatic rings. The van der Waals surface area contributed by atoms with Gasteiger partial charge < -0.3 is 15.1 Å². The van der Waals surface area contributed by atoms with Crippen molar-refractivity contribution in [1.29, 1.82) is 0 Å². The van der Waals surface area contributed by atoms with Crippen molar-refractivity contribution < 1.29 is 4.79 Å². The van der Waals surface area contributed by atoms with E-state index in [1.807, 2.05) is 29.6 Å². The number of benzene rings is 2. The predicted molar refractivity (Wildman–Crippen MR) is 123 cm³/mol. The first-order valence-electron chi connectivity index (χ1n) is 9.68. The van der Waals surface area contributed by atoms with Gasteiger partial charge in [0.15, 0.2) is 0 Å². The lowest BCUT2D eigenvalue weighted by Crippen LogP contribution is -2.38. The van der Waals surface area contributed by atoms with Crippen LogP contribution in [-0.2, 0) is 6.54 Å². The number of hydrogen-bond acceptors (Lipinski definition) is 5. The van der Waals surface area contributed by atoms with Crippen LogP contribution in [0.4, 0.5) is 11.4 Å². The van der Waals surface area contributed by atoms with E-state index in [-0.39, 0.29) is 11.9 Å². The Morgan fingerprint density at radius 2 is 1.86 bits per heavy atom. The van der Waals surface area contributed by atoms with Gasteiger partial charge in [0.1, 0.15) is 0 Å². The number of nitrogens with zero attached hydrogens (tertiary/aromatic N) is 2. The van der Waals surface area contributed by atoms with Crippen molar-refractivity contribution in [1.82, 2.24) is 10.2 Å². The van der Waals surface area contributed by atoms with Crippen LogP contribution < -0.4 is 10.2 Å². The van der Waals surface area contributed by atoms with E-state index >= 15 is 0 Å². The van der Waals surface area contributed by atoms with Gasteiger partial charge in [0, 0.05) is 32.8 Å². The fourth-order valence-electron chi connectivity index (χ4n) is 3.69. The lowest BCUT2D eigenvalue weighted by molar-refractivity contribution is 0.0951. The summed E-state index contributed by atoms with van der Waals surface area (Å²) in [5.74, 6) is -0.0368. The smallest absolute Gasteiger partial charge is 0.251 e. The van der Waals surface area contributed by atoms with E-state index in [9.17, 15) is 4.79 Å². The molecule has 29 heavy (non-hydrogen) atoms. The number of thiophene rings is 1. The van der Waals surface area contributed by atoms with Crippen LogP contribution in [0.2, 0.25) is 0 Å². The third-order valence-electron chi connectivity index (χ3n) is 4.90. The van der Waals surface area contributed by atoms with Crippen LogP contribution in [-0.4, -0.2) is 37.5 Å². The van der Waals surface area contributed by atoms with E-state index in [1.165, 1.54) is 15.5 Å². The van der Waals surface area contributed by atoms with Crippen LogP contribution in [0.15, 0.2) is 69.8 Å². The Morgan fingerprint density at radius 1 is 1.07 bits per heavy atom. The Morgan fingerprint density at radius 3 is 2.62 bits per heavy atom. The van der Waals surface area contributed by atoms with Gasteiger partial charge in [-0.25, -0.2) is 0 Å². The minimum absolute atomic E-state index is 0.0368. The van der Waals surface area contributed by atoms with Crippen molar-refractivity contribution in [3.63, 3.8) is 0 Å². The molecule has 6 heteroatoms. The van der Waals surface area contributed by atoms with Gasteiger partial charge >= 0.3 is 0 Å². The Kier molecular flexibility index (Phi) is 5.94. The van der Waals surface area contributed by atoms with Gasteiger partial charge in [0.25, 0.3) is 5.91 Å². The van der Waals surface area contributed by atoms with Crippen LogP contribution in [0, 0.1) is 0 Å². The maximum Gasteiger partial charge on any atom is 0.251 e. The Labute approximate surface area is 180 Å². The molecule has 2 aromatic carbocycles. The minimum atomic E-state index is -0.0368. The van der Waals surface area contributed by atoms with E-state index in [4.69, 9.17) is 0 Å². The summed E-state index contributed by atoms with van der Waals surface area (Å²) in [5, 5.41) is 5.07. The zero-order chi connectivity index (χ0) is 20.4. The zero-order valence-electron chi connectivity index (χ0n) is 16.9. The fourth-order valence-corrected chi connectivity index (χ4v) is 5.39. The summed E-state index contributed by atoms with van der Waals surface area (Å²) < 4.78 is 0. The highest BCUT2D eigenvalue weighted by Crippen LogP contribution is 2.49. The zero-order valence-corrected chi connectivity index (χ0v) is 18.5. The third kappa shape index (κ3) is 4.34. The molecule has 0 bridgehead atoms. The van der Waals surface area contributed by atoms with Crippen LogP contribution in [0.5, 0.6) is 0 Å². The molecule has 1 aromatic heterocycles. The van der Waals surface area contributed by atoms with Crippen LogP contribution >= 0.6 is 23.1 Å². The number of likely N-dealkylation sites (N-methyl/N-ethyl adjacent to an activating group) is 1. The molecule has 150 valence electrons. The highest BCUT2D eigenvalue weighted by atomic mass is 32.2. The number of rotatable bonds is 6. The molecule has 1 atom stereocenters. The van der Waals surface area contributed by atoms with Gasteiger partial charge in [-0.2, -0.15) is 0 Å². The fraction of sp³-hybridized carbons (Fsp3) is 0.261. The van der Waals surface area contributed by atoms with Gasteiger partial charge in [-0.15, -0.1) is 11.3 Å². The molecule has 1 amide bonds. The molecule has 1 unspecified atom stereocenters. The first kappa shape index (κ1) is 20.0.